The van der Waals surface area contributed by atoms with Crippen LogP contribution in [0.15, 0.2) is 52.4 Å². The molecule has 2 aromatic rings. The number of carboxylic acid groups (broad SMARTS) is 1. The summed E-state index contributed by atoms with van der Waals surface area (Å²) in [5, 5.41) is 9.08. The van der Waals surface area contributed by atoms with E-state index in [1.807, 2.05) is 12.1 Å². The largest absolute Gasteiger partial charge is 0.481 e. The maximum atomic E-state index is 13.1. The van der Waals surface area contributed by atoms with Crippen LogP contribution in [-0.2, 0) is 14.8 Å². The van der Waals surface area contributed by atoms with Gasteiger partial charge < -0.3 is 5.11 Å². The fraction of sp³-hybridized carbons (Fsp3) is 0.263. The number of halogens is 1. The number of para-hydroxylation sites is 1. The third-order valence-corrected chi connectivity index (χ3v) is 6.45. The minimum Gasteiger partial charge on any atom is -0.481 e. The molecule has 6 nitrogen and oxygen atoms in total. The van der Waals surface area contributed by atoms with Crippen molar-refractivity contribution >= 4 is 39.0 Å². The molecule has 142 valence electrons. The summed E-state index contributed by atoms with van der Waals surface area (Å²) in [5.74, 6) is -0.838. The first-order valence-electron chi connectivity index (χ1n) is 8.47. The number of rotatable bonds is 5. The maximum absolute atomic E-state index is 13.1. The van der Waals surface area contributed by atoms with Crippen LogP contribution in [0.2, 0.25) is 5.02 Å². The Balaban J connectivity index is 2.12. The third kappa shape index (κ3) is 3.84. The molecule has 8 heteroatoms. The third-order valence-electron chi connectivity index (χ3n) is 4.40. The molecule has 1 heterocycles. The van der Waals surface area contributed by atoms with E-state index in [0.29, 0.717) is 46.9 Å². The van der Waals surface area contributed by atoms with Crippen molar-refractivity contribution in [1.82, 2.24) is 0 Å². The second kappa shape index (κ2) is 7.70. The number of hydrogen-bond acceptors (Lipinski definition) is 4. The van der Waals surface area contributed by atoms with Crippen LogP contribution in [0.4, 0.5) is 5.69 Å². The monoisotopic (exact) mass is 406 g/mol. The van der Waals surface area contributed by atoms with Crippen LogP contribution in [0.5, 0.6) is 0 Å². The zero-order valence-corrected chi connectivity index (χ0v) is 16.3. The fourth-order valence-electron chi connectivity index (χ4n) is 3.03. The van der Waals surface area contributed by atoms with Gasteiger partial charge in [0.25, 0.3) is 10.0 Å². The molecule has 3 rings (SSSR count). The summed E-state index contributed by atoms with van der Waals surface area (Å²) in [6, 6.07) is 11.9. The van der Waals surface area contributed by atoms with E-state index in [1.165, 1.54) is 17.4 Å². The van der Waals surface area contributed by atoms with Crippen LogP contribution in [0.25, 0.3) is 0 Å². The number of anilines is 1. The number of carbonyl (C=O) groups is 1. The van der Waals surface area contributed by atoms with Gasteiger partial charge in [-0.2, -0.15) is 0 Å². The van der Waals surface area contributed by atoms with E-state index < -0.39 is 16.0 Å². The predicted molar refractivity (Wildman–Crippen MR) is 105 cm³/mol. The fourth-order valence-corrected chi connectivity index (χ4v) is 4.69. The summed E-state index contributed by atoms with van der Waals surface area (Å²) in [6.07, 6.45) is 1.20. The SMILES string of the molecule is CN1c2ccccc2/C(=N\CCCCC(=O)O)c2ccc(Cl)cc2S1(=O)=O. The van der Waals surface area contributed by atoms with E-state index in [0.717, 1.165) is 0 Å². The van der Waals surface area contributed by atoms with Gasteiger partial charge in [0.1, 0.15) is 0 Å². The lowest BCUT2D eigenvalue weighted by Gasteiger charge is -2.19. The van der Waals surface area contributed by atoms with Gasteiger partial charge in [-0.15, -0.1) is 0 Å². The molecule has 0 fully saturated rings. The summed E-state index contributed by atoms with van der Waals surface area (Å²) in [5.41, 5.74) is 2.31. The Bertz CT molecular complexity index is 1020. The zero-order chi connectivity index (χ0) is 19.6. The maximum Gasteiger partial charge on any atom is 0.303 e. The lowest BCUT2D eigenvalue weighted by atomic mass is 10.0. The number of unbranched alkanes of at least 4 members (excludes halogenated alkanes) is 1. The van der Waals surface area contributed by atoms with Crippen molar-refractivity contribution in [3.63, 3.8) is 0 Å². The van der Waals surface area contributed by atoms with Crippen LogP contribution in [0.3, 0.4) is 0 Å². The minimum absolute atomic E-state index is 0.0880. The van der Waals surface area contributed by atoms with E-state index in [1.54, 1.807) is 24.3 Å². The van der Waals surface area contributed by atoms with Crippen LogP contribution in [0, 0.1) is 0 Å². The summed E-state index contributed by atoms with van der Waals surface area (Å²) in [6.45, 7) is 0.406. The van der Waals surface area contributed by atoms with Crippen molar-refractivity contribution in [1.29, 1.82) is 0 Å². The van der Waals surface area contributed by atoms with Gasteiger partial charge in [0.2, 0.25) is 0 Å². The number of fused-ring (bicyclic) bond motifs is 2. The number of hydrogen-bond donors (Lipinski definition) is 1. The molecule has 27 heavy (non-hydrogen) atoms. The molecule has 0 spiro atoms. The minimum atomic E-state index is -3.78. The summed E-state index contributed by atoms with van der Waals surface area (Å²) < 4.78 is 27.4. The Kier molecular flexibility index (Phi) is 5.53. The van der Waals surface area contributed by atoms with Crippen molar-refractivity contribution in [3.8, 4) is 0 Å². The Morgan fingerprint density at radius 3 is 2.63 bits per heavy atom. The van der Waals surface area contributed by atoms with Crippen molar-refractivity contribution in [2.24, 2.45) is 4.99 Å². The summed E-state index contributed by atoms with van der Waals surface area (Å²) >= 11 is 6.06. The highest BCUT2D eigenvalue weighted by molar-refractivity contribution is 7.93. The number of nitrogens with zero attached hydrogens (tertiary/aromatic N) is 2. The molecular formula is C19H19ClN2O4S. The molecular weight excluding hydrogens is 388 g/mol. The highest BCUT2D eigenvalue weighted by Gasteiger charge is 2.32. The molecule has 0 unspecified atom stereocenters. The predicted octanol–water partition coefficient (Wildman–Crippen LogP) is 3.57. The number of benzene rings is 2. The van der Waals surface area contributed by atoms with Gasteiger partial charge in [-0.3, -0.25) is 14.1 Å². The Morgan fingerprint density at radius 1 is 1.15 bits per heavy atom. The van der Waals surface area contributed by atoms with E-state index in [4.69, 9.17) is 16.7 Å². The first-order valence-corrected chi connectivity index (χ1v) is 10.3. The normalized spacial score (nSPS) is 16.5. The van der Waals surface area contributed by atoms with Gasteiger partial charge in [0, 0.05) is 36.2 Å². The van der Waals surface area contributed by atoms with Crippen LogP contribution >= 0.6 is 11.6 Å². The average molecular weight is 407 g/mol. The average Bonchev–Trinajstić information content (AvgIpc) is 2.70. The van der Waals surface area contributed by atoms with Crippen LogP contribution in [0.1, 0.15) is 30.4 Å². The van der Waals surface area contributed by atoms with Crippen LogP contribution in [-0.4, -0.2) is 38.8 Å². The Labute approximate surface area is 163 Å². The molecule has 0 saturated carbocycles. The van der Waals surface area contributed by atoms with E-state index in [2.05, 4.69) is 4.99 Å². The quantitative estimate of drug-likeness (QED) is 0.769. The molecule has 0 amide bonds. The smallest absolute Gasteiger partial charge is 0.303 e. The Morgan fingerprint density at radius 2 is 1.89 bits per heavy atom. The van der Waals surface area contributed by atoms with Crippen molar-refractivity contribution in [2.45, 2.75) is 24.2 Å². The van der Waals surface area contributed by atoms with Crippen molar-refractivity contribution < 1.29 is 18.3 Å². The van der Waals surface area contributed by atoms with E-state index >= 15 is 0 Å². The summed E-state index contributed by atoms with van der Waals surface area (Å²) in [7, 11) is -2.27. The lowest BCUT2D eigenvalue weighted by Crippen LogP contribution is -2.26. The molecule has 1 N–H and O–H groups in total. The topological polar surface area (TPSA) is 87.0 Å². The van der Waals surface area contributed by atoms with Gasteiger partial charge in [-0.1, -0.05) is 29.8 Å². The standard InChI is InChI=1S/C19H19ClN2O4S/c1-22-16-7-3-2-6-14(16)19(21-11-5-4-8-18(23)24)15-10-9-13(20)12-17(15)27(22,25)26/h2-3,6-7,9-10,12H,4-5,8,11H2,1H3,(H,23,24)/b21-19+. The molecule has 0 radical (unpaired) electrons. The van der Waals surface area contributed by atoms with Crippen LogP contribution < -0.4 is 4.31 Å². The molecule has 0 bridgehead atoms. The second-order valence-electron chi connectivity index (χ2n) is 6.21. The van der Waals surface area contributed by atoms with Crippen molar-refractivity contribution in [3.05, 3.63) is 58.6 Å². The number of aliphatic carboxylic acids is 1. The molecule has 0 atom stereocenters. The second-order valence-corrected chi connectivity index (χ2v) is 8.59. The van der Waals surface area contributed by atoms with Gasteiger partial charge >= 0.3 is 5.97 Å². The van der Waals surface area contributed by atoms with Gasteiger partial charge in [0.15, 0.2) is 0 Å². The number of aliphatic imine (C=N–C) groups is 1. The van der Waals surface area contributed by atoms with E-state index in [9.17, 15) is 13.2 Å². The molecule has 0 saturated heterocycles. The first-order chi connectivity index (χ1) is 12.8. The lowest BCUT2D eigenvalue weighted by molar-refractivity contribution is -0.137. The molecule has 1 aliphatic rings. The van der Waals surface area contributed by atoms with Gasteiger partial charge in [-0.05, 0) is 37.1 Å². The molecule has 1 aliphatic heterocycles. The number of sulfonamides is 1. The first kappa shape index (κ1) is 19.4. The molecule has 2 aromatic carbocycles. The van der Waals surface area contributed by atoms with Gasteiger partial charge in [0.05, 0.1) is 16.3 Å². The highest BCUT2D eigenvalue weighted by Crippen LogP contribution is 2.35. The van der Waals surface area contributed by atoms with E-state index in [-0.39, 0.29) is 11.3 Å². The highest BCUT2D eigenvalue weighted by atomic mass is 35.5. The summed E-state index contributed by atoms with van der Waals surface area (Å²) in [4.78, 5) is 15.4. The zero-order valence-electron chi connectivity index (χ0n) is 14.7. The number of carboxylic acids is 1. The van der Waals surface area contributed by atoms with Crippen molar-refractivity contribution in [2.75, 3.05) is 17.9 Å². The molecule has 0 aromatic heterocycles. The Hall–Kier alpha value is -2.38. The molecule has 0 aliphatic carbocycles. The van der Waals surface area contributed by atoms with Gasteiger partial charge in [-0.25, -0.2) is 8.42 Å².